The molecule has 0 saturated carbocycles. The molecule has 1 heterocycles. The molecule has 22 heavy (non-hydrogen) atoms. The fraction of sp³-hybridized carbons (Fsp3) is 0.556. The van der Waals surface area contributed by atoms with Crippen LogP contribution in [0.5, 0.6) is 5.75 Å². The maximum atomic E-state index is 13.0. The van der Waals surface area contributed by atoms with Crippen molar-refractivity contribution in [3.05, 3.63) is 16.8 Å². The third-order valence-electron chi connectivity index (χ3n) is 2.25. The quantitative estimate of drug-likeness (QED) is 0.651. The number of hydrogen-bond acceptors (Lipinski definition) is 2. The maximum Gasteiger partial charge on any atom is 0.471 e. The molecule has 1 rings (SSSR count). The molecule has 0 aliphatic heterocycles. The minimum atomic E-state index is -7.46. The van der Waals surface area contributed by atoms with E-state index < -0.39 is 35.8 Å². The molecule has 1 aromatic rings. The van der Waals surface area contributed by atoms with Crippen molar-refractivity contribution < 1.29 is 53.0 Å². The molecule has 0 aliphatic carbocycles. The molecule has 0 radical (unpaired) electrons. The molecule has 0 atom stereocenters. The zero-order chi connectivity index (χ0) is 17.6. The number of thiophene rings is 1. The fourth-order valence-electron chi connectivity index (χ4n) is 1.08. The molecular formula is C9H3F11OS. The summed E-state index contributed by atoms with van der Waals surface area (Å²) in [6.07, 6.45) is -13.5. The van der Waals surface area contributed by atoms with Crippen LogP contribution in [0.2, 0.25) is 0 Å². The Balaban J connectivity index is 3.25. The SMILES string of the molecule is FC(F)(F)C(F)(F)C(F)(F)C(F)(F)C(F)(F)Oc1ccsc1. The molecule has 0 bridgehead atoms. The summed E-state index contributed by atoms with van der Waals surface area (Å²) in [6, 6.07) is 0.592. The Morgan fingerprint density at radius 1 is 0.727 bits per heavy atom. The van der Waals surface area contributed by atoms with Gasteiger partial charge in [0.1, 0.15) is 5.75 Å². The minimum absolute atomic E-state index is 0.589. The molecule has 0 N–H and O–H groups in total. The lowest BCUT2D eigenvalue weighted by molar-refractivity contribution is -0.445. The van der Waals surface area contributed by atoms with Crippen LogP contribution in [-0.4, -0.2) is 30.1 Å². The second-order valence-electron chi connectivity index (χ2n) is 3.80. The Hall–Kier alpha value is -1.27. The van der Waals surface area contributed by atoms with E-state index in [1.54, 1.807) is 0 Å². The average molecular weight is 368 g/mol. The Morgan fingerprint density at radius 3 is 1.59 bits per heavy atom. The zero-order valence-electron chi connectivity index (χ0n) is 9.71. The lowest BCUT2D eigenvalue weighted by Crippen LogP contribution is -2.67. The van der Waals surface area contributed by atoms with E-state index in [4.69, 9.17) is 0 Å². The summed E-state index contributed by atoms with van der Waals surface area (Å²) >= 11 is 0.589. The van der Waals surface area contributed by atoms with Crippen molar-refractivity contribution in [2.24, 2.45) is 0 Å². The van der Waals surface area contributed by atoms with Gasteiger partial charge in [0, 0.05) is 5.38 Å². The number of halogens is 11. The van der Waals surface area contributed by atoms with Gasteiger partial charge in [-0.1, -0.05) is 0 Å². The second-order valence-corrected chi connectivity index (χ2v) is 4.58. The third-order valence-corrected chi connectivity index (χ3v) is 2.91. The van der Waals surface area contributed by atoms with E-state index >= 15 is 0 Å². The Morgan fingerprint density at radius 2 is 1.23 bits per heavy atom. The van der Waals surface area contributed by atoms with Gasteiger partial charge < -0.3 is 4.74 Å². The Kier molecular flexibility index (Phi) is 4.38. The third kappa shape index (κ3) is 2.70. The van der Waals surface area contributed by atoms with Gasteiger partial charge >= 0.3 is 30.1 Å². The van der Waals surface area contributed by atoms with Crippen LogP contribution in [-0.2, 0) is 0 Å². The molecule has 0 fully saturated rings. The average Bonchev–Trinajstić information content (AvgIpc) is 2.78. The summed E-state index contributed by atoms with van der Waals surface area (Å²) in [7, 11) is 0. The molecule has 1 aromatic heterocycles. The van der Waals surface area contributed by atoms with E-state index in [1.165, 1.54) is 0 Å². The van der Waals surface area contributed by atoms with Crippen LogP contribution in [0.3, 0.4) is 0 Å². The second kappa shape index (κ2) is 5.13. The topological polar surface area (TPSA) is 9.23 Å². The van der Waals surface area contributed by atoms with Crippen LogP contribution in [0.4, 0.5) is 48.3 Å². The van der Waals surface area contributed by atoms with E-state index in [1.807, 2.05) is 0 Å². The first-order valence-corrected chi connectivity index (χ1v) is 5.81. The molecule has 1 nitrogen and oxygen atoms in total. The van der Waals surface area contributed by atoms with Crippen molar-refractivity contribution in [3.63, 3.8) is 0 Å². The van der Waals surface area contributed by atoms with Crippen LogP contribution < -0.4 is 4.74 Å². The normalized spacial score (nSPS) is 15.0. The first-order valence-electron chi connectivity index (χ1n) is 4.87. The van der Waals surface area contributed by atoms with Crippen LogP contribution >= 0.6 is 11.3 Å². The lowest BCUT2D eigenvalue weighted by atomic mass is 10.0. The highest BCUT2D eigenvalue weighted by Crippen LogP contribution is 2.57. The van der Waals surface area contributed by atoms with Gasteiger partial charge in [0.05, 0.1) is 0 Å². The summed E-state index contributed by atoms with van der Waals surface area (Å²) in [6.45, 7) is 0. The number of alkyl halides is 11. The highest BCUT2D eigenvalue weighted by Gasteiger charge is 2.88. The van der Waals surface area contributed by atoms with Crippen LogP contribution in [0, 0.1) is 0 Å². The Bertz CT molecular complexity index is 504. The largest absolute Gasteiger partial charge is 0.471 e. The van der Waals surface area contributed by atoms with Gasteiger partial charge in [-0.15, -0.1) is 11.3 Å². The van der Waals surface area contributed by atoms with Crippen LogP contribution in [0.1, 0.15) is 0 Å². The highest BCUT2D eigenvalue weighted by atomic mass is 32.1. The summed E-state index contributed by atoms with van der Waals surface area (Å²) in [5.41, 5.74) is 0. The summed E-state index contributed by atoms with van der Waals surface area (Å²) in [4.78, 5) is 0. The summed E-state index contributed by atoms with van der Waals surface area (Å²) in [5, 5.41) is 1.59. The van der Waals surface area contributed by atoms with Crippen LogP contribution in [0.25, 0.3) is 0 Å². The first kappa shape index (κ1) is 18.8. The molecular weight excluding hydrogens is 365 g/mol. The standard InChI is InChI=1S/C9H3F11OS/c10-5(11,6(12,13)8(16,17)18)7(14,15)9(19,20)21-4-1-2-22-3-4/h1-3H. The predicted molar refractivity (Wildman–Crippen MR) is 50.8 cm³/mol. The highest BCUT2D eigenvalue weighted by molar-refractivity contribution is 7.08. The first-order chi connectivity index (χ1) is 9.58. The fourth-order valence-corrected chi connectivity index (χ4v) is 1.63. The van der Waals surface area contributed by atoms with Gasteiger partial charge in [0.15, 0.2) is 0 Å². The van der Waals surface area contributed by atoms with E-state index in [-0.39, 0.29) is 0 Å². The van der Waals surface area contributed by atoms with E-state index in [9.17, 15) is 48.3 Å². The van der Waals surface area contributed by atoms with Crippen LogP contribution in [0.15, 0.2) is 16.8 Å². The molecule has 0 amide bonds. The molecule has 0 unspecified atom stereocenters. The monoisotopic (exact) mass is 368 g/mol. The lowest BCUT2D eigenvalue weighted by Gasteiger charge is -2.36. The molecule has 0 spiro atoms. The minimum Gasteiger partial charge on any atom is -0.427 e. The van der Waals surface area contributed by atoms with Crippen molar-refractivity contribution >= 4 is 11.3 Å². The van der Waals surface area contributed by atoms with Gasteiger partial charge in [-0.05, 0) is 11.4 Å². The number of rotatable bonds is 5. The van der Waals surface area contributed by atoms with Crippen molar-refractivity contribution in [1.29, 1.82) is 0 Å². The smallest absolute Gasteiger partial charge is 0.427 e. The van der Waals surface area contributed by atoms with Crippen molar-refractivity contribution in [3.8, 4) is 5.75 Å². The molecule has 0 aromatic carbocycles. The molecule has 128 valence electrons. The van der Waals surface area contributed by atoms with Crippen molar-refractivity contribution in [1.82, 2.24) is 0 Å². The van der Waals surface area contributed by atoms with E-state index in [0.717, 1.165) is 5.38 Å². The number of ether oxygens (including phenoxy) is 1. The molecule has 0 aliphatic rings. The summed E-state index contributed by atoms with van der Waals surface area (Å²) in [5.74, 6) is -23.1. The van der Waals surface area contributed by atoms with Gasteiger partial charge in [0.25, 0.3) is 0 Å². The van der Waals surface area contributed by atoms with Gasteiger partial charge in [0.2, 0.25) is 0 Å². The Labute approximate surface area is 118 Å². The molecule has 13 heteroatoms. The maximum absolute atomic E-state index is 13.0. The number of hydrogen-bond donors (Lipinski definition) is 0. The van der Waals surface area contributed by atoms with Crippen molar-refractivity contribution in [2.75, 3.05) is 0 Å². The summed E-state index contributed by atoms with van der Waals surface area (Å²) < 4.78 is 141. The van der Waals surface area contributed by atoms with E-state index in [2.05, 4.69) is 4.74 Å². The van der Waals surface area contributed by atoms with Crippen molar-refractivity contribution in [2.45, 2.75) is 30.1 Å². The zero-order valence-corrected chi connectivity index (χ0v) is 10.5. The van der Waals surface area contributed by atoms with Gasteiger partial charge in [-0.25, -0.2) is 0 Å². The predicted octanol–water partition coefficient (Wildman–Crippen LogP) is 5.19. The van der Waals surface area contributed by atoms with Gasteiger partial charge in [-0.3, -0.25) is 0 Å². The van der Waals surface area contributed by atoms with E-state index in [0.29, 0.717) is 22.8 Å². The molecule has 0 saturated heterocycles. The van der Waals surface area contributed by atoms with Gasteiger partial charge in [-0.2, -0.15) is 48.3 Å².